The highest BCUT2D eigenvalue weighted by atomic mass is 16.5. The summed E-state index contributed by atoms with van der Waals surface area (Å²) >= 11 is 0. The van der Waals surface area contributed by atoms with Gasteiger partial charge >= 0.3 is 0 Å². The molecule has 2 aromatic carbocycles. The van der Waals surface area contributed by atoms with Crippen LogP contribution < -0.4 is 4.74 Å². The van der Waals surface area contributed by atoms with Gasteiger partial charge in [0, 0.05) is 51.1 Å². The van der Waals surface area contributed by atoms with Gasteiger partial charge in [0.2, 0.25) is 17.7 Å². The number of hydrogen-bond acceptors (Lipinski definition) is 6. The molecular weight excluding hydrogens is 392 g/mol. The molecule has 0 aliphatic carbocycles. The first-order chi connectivity index (χ1) is 15.3. The first-order valence-corrected chi connectivity index (χ1v) is 10.8. The monoisotopic (exact) mass is 420 g/mol. The minimum atomic E-state index is 0.197. The Bertz CT molecular complexity index is 938. The van der Waals surface area contributed by atoms with Crippen molar-refractivity contribution < 1.29 is 13.9 Å². The van der Waals surface area contributed by atoms with Crippen molar-refractivity contribution in [1.29, 1.82) is 0 Å². The van der Waals surface area contributed by atoms with Crippen molar-refractivity contribution in [3.63, 3.8) is 0 Å². The minimum Gasteiger partial charge on any atom is -0.492 e. The van der Waals surface area contributed by atoms with Crippen LogP contribution in [-0.2, 0) is 11.2 Å². The van der Waals surface area contributed by atoms with E-state index in [1.54, 1.807) is 0 Å². The van der Waals surface area contributed by atoms with Crippen molar-refractivity contribution in [1.82, 2.24) is 20.0 Å². The first kappa shape index (κ1) is 21.1. The van der Waals surface area contributed by atoms with Crippen LogP contribution in [0.2, 0.25) is 0 Å². The molecule has 0 spiro atoms. The fraction of sp³-hybridized carbons (Fsp3) is 0.375. The lowest BCUT2D eigenvalue weighted by Gasteiger charge is -2.34. The van der Waals surface area contributed by atoms with Gasteiger partial charge in [-0.25, -0.2) is 0 Å². The summed E-state index contributed by atoms with van der Waals surface area (Å²) in [6.07, 6.45) is 1.82. The molecule has 7 nitrogen and oxygen atoms in total. The van der Waals surface area contributed by atoms with Crippen LogP contribution in [0, 0.1) is 0 Å². The van der Waals surface area contributed by atoms with Crippen molar-refractivity contribution in [3.05, 3.63) is 66.6 Å². The van der Waals surface area contributed by atoms with Crippen LogP contribution in [-0.4, -0.2) is 65.2 Å². The number of benzene rings is 2. The Morgan fingerprint density at radius 1 is 0.935 bits per heavy atom. The summed E-state index contributed by atoms with van der Waals surface area (Å²) in [5.41, 5.74) is 0.907. The zero-order valence-electron chi connectivity index (χ0n) is 17.7. The zero-order chi connectivity index (χ0) is 21.3. The van der Waals surface area contributed by atoms with Gasteiger partial charge in [-0.3, -0.25) is 9.69 Å². The Morgan fingerprint density at radius 3 is 2.39 bits per heavy atom. The number of ether oxygens (including phenoxy) is 1. The predicted molar refractivity (Wildman–Crippen MR) is 118 cm³/mol. The second-order valence-corrected chi connectivity index (χ2v) is 7.60. The molecule has 162 valence electrons. The van der Waals surface area contributed by atoms with Gasteiger partial charge in [-0.2, -0.15) is 0 Å². The highest BCUT2D eigenvalue weighted by molar-refractivity contribution is 5.76. The van der Waals surface area contributed by atoms with E-state index in [-0.39, 0.29) is 5.91 Å². The first-order valence-electron chi connectivity index (χ1n) is 10.8. The maximum atomic E-state index is 12.5. The molecule has 0 unspecified atom stereocenters. The number of carbonyl (C=O) groups excluding carboxylic acids is 1. The number of nitrogens with zero attached hydrogens (tertiary/aromatic N) is 4. The van der Waals surface area contributed by atoms with E-state index in [9.17, 15) is 4.79 Å². The number of amides is 1. The second-order valence-electron chi connectivity index (χ2n) is 7.60. The number of carbonyl (C=O) groups is 1. The van der Waals surface area contributed by atoms with Crippen molar-refractivity contribution in [3.8, 4) is 17.2 Å². The highest BCUT2D eigenvalue weighted by Gasteiger charge is 2.21. The number of piperazine rings is 1. The van der Waals surface area contributed by atoms with E-state index >= 15 is 0 Å². The Hall–Kier alpha value is -3.19. The molecule has 1 aliphatic rings. The zero-order valence-corrected chi connectivity index (χ0v) is 17.7. The molecule has 4 rings (SSSR count). The molecule has 7 heteroatoms. The number of hydrogen-bond donors (Lipinski definition) is 0. The molecule has 1 saturated heterocycles. The number of rotatable bonds is 9. The summed E-state index contributed by atoms with van der Waals surface area (Å²) < 4.78 is 11.5. The van der Waals surface area contributed by atoms with Gasteiger partial charge in [-0.05, 0) is 30.7 Å². The van der Waals surface area contributed by atoms with E-state index in [4.69, 9.17) is 9.15 Å². The van der Waals surface area contributed by atoms with E-state index in [1.807, 2.05) is 65.6 Å². The standard InChI is InChI=1S/C24H28N4O3/c29-23(13-7-12-22-25-26-24(31-22)20-8-3-1-4-9-20)28-16-14-27(15-17-28)18-19-30-21-10-5-2-6-11-21/h1-6,8-11H,7,12-19H2. The van der Waals surface area contributed by atoms with E-state index in [1.165, 1.54) is 0 Å². The topological polar surface area (TPSA) is 71.7 Å². The van der Waals surface area contributed by atoms with Gasteiger partial charge in [0.1, 0.15) is 12.4 Å². The lowest BCUT2D eigenvalue weighted by atomic mass is 10.2. The largest absolute Gasteiger partial charge is 0.492 e. The van der Waals surface area contributed by atoms with Crippen LogP contribution in [0.3, 0.4) is 0 Å². The molecule has 3 aromatic rings. The molecule has 1 aliphatic heterocycles. The molecule has 31 heavy (non-hydrogen) atoms. The summed E-state index contributed by atoms with van der Waals surface area (Å²) in [5, 5.41) is 8.20. The van der Waals surface area contributed by atoms with Crippen LogP contribution in [0.5, 0.6) is 5.75 Å². The van der Waals surface area contributed by atoms with E-state index in [0.717, 1.165) is 44.0 Å². The molecule has 0 N–H and O–H groups in total. The Kier molecular flexibility index (Phi) is 7.28. The third kappa shape index (κ3) is 6.15. The minimum absolute atomic E-state index is 0.197. The number of para-hydroxylation sites is 1. The fourth-order valence-electron chi connectivity index (χ4n) is 3.63. The second kappa shape index (κ2) is 10.7. The van der Waals surface area contributed by atoms with Crippen LogP contribution in [0.25, 0.3) is 11.5 Å². The molecule has 0 atom stereocenters. The fourth-order valence-corrected chi connectivity index (χ4v) is 3.63. The maximum absolute atomic E-state index is 12.5. The van der Waals surface area contributed by atoms with Gasteiger partial charge in [-0.15, -0.1) is 10.2 Å². The normalized spacial score (nSPS) is 14.5. The van der Waals surface area contributed by atoms with E-state index < -0.39 is 0 Å². The maximum Gasteiger partial charge on any atom is 0.247 e. The van der Waals surface area contributed by atoms with Crippen LogP contribution in [0.15, 0.2) is 65.1 Å². The average molecular weight is 421 g/mol. The quantitative estimate of drug-likeness (QED) is 0.529. The lowest BCUT2D eigenvalue weighted by molar-refractivity contribution is -0.133. The molecular formula is C24H28N4O3. The van der Waals surface area contributed by atoms with Crippen molar-refractivity contribution >= 4 is 5.91 Å². The summed E-state index contributed by atoms with van der Waals surface area (Å²) in [5.74, 6) is 2.20. The van der Waals surface area contributed by atoms with Crippen LogP contribution >= 0.6 is 0 Å². The average Bonchev–Trinajstić information content (AvgIpc) is 3.30. The number of aryl methyl sites for hydroxylation is 1. The molecule has 2 heterocycles. The van der Waals surface area contributed by atoms with Crippen molar-refractivity contribution in [2.45, 2.75) is 19.3 Å². The molecule has 0 radical (unpaired) electrons. The molecule has 0 bridgehead atoms. The molecule has 1 aromatic heterocycles. The van der Waals surface area contributed by atoms with Gasteiger partial charge < -0.3 is 14.1 Å². The van der Waals surface area contributed by atoms with Crippen molar-refractivity contribution in [2.75, 3.05) is 39.3 Å². The predicted octanol–water partition coefficient (Wildman–Crippen LogP) is 3.28. The Labute approximate surface area is 182 Å². The van der Waals surface area contributed by atoms with Crippen LogP contribution in [0.4, 0.5) is 0 Å². The SMILES string of the molecule is O=C(CCCc1nnc(-c2ccccc2)o1)N1CCN(CCOc2ccccc2)CC1. The Morgan fingerprint density at radius 2 is 1.65 bits per heavy atom. The summed E-state index contributed by atoms with van der Waals surface area (Å²) in [4.78, 5) is 16.8. The van der Waals surface area contributed by atoms with Gasteiger partial charge in [0.25, 0.3) is 0 Å². The van der Waals surface area contributed by atoms with Gasteiger partial charge in [-0.1, -0.05) is 36.4 Å². The molecule has 0 saturated carbocycles. The van der Waals surface area contributed by atoms with Gasteiger partial charge in [0.05, 0.1) is 0 Å². The lowest BCUT2D eigenvalue weighted by Crippen LogP contribution is -2.49. The molecule has 1 fully saturated rings. The van der Waals surface area contributed by atoms with E-state index in [2.05, 4.69) is 15.1 Å². The van der Waals surface area contributed by atoms with Crippen molar-refractivity contribution in [2.24, 2.45) is 0 Å². The van der Waals surface area contributed by atoms with E-state index in [0.29, 0.717) is 37.7 Å². The highest BCUT2D eigenvalue weighted by Crippen LogP contribution is 2.18. The number of aromatic nitrogens is 2. The van der Waals surface area contributed by atoms with Crippen LogP contribution in [0.1, 0.15) is 18.7 Å². The smallest absolute Gasteiger partial charge is 0.247 e. The summed E-state index contributed by atoms with van der Waals surface area (Å²) in [6, 6.07) is 19.6. The third-order valence-electron chi connectivity index (χ3n) is 5.41. The molecule has 1 amide bonds. The van der Waals surface area contributed by atoms with Gasteiger partial charge in [0.15, 0.2) is 0 Å². The summed E-state index contributed by atoms with van der Waals surface area (Å²) in [6.45, 7) is 4.83. The Balaban J connectivity index is 1.13. The summed E-state index contributed by atoms with van der Waals surface area (Å²) in [7, 11) is 0. The third-order valence-corrected chi connectivity index (χ3v) is 5.41.